The molecule has 0 aliphatic rings. The van der Waals surface area contributed by atoms with Crippen molar-refractivity contribution in [1.29, 1.82) is 0 Å². The first-order valence-electron chi connectivity index (χ1n) is 5.73. The van der Waals surface area contributed by atoms with Crippen LogP contribution >= 0.6 is 23.2 Å². The molecule has 0 amide bonds. The minimum atomic E-state index is -0.751. The van der Waals surface area contributed by atoms with Crippen molar-refractivity contribution in [2.24, 2.45) is 0 Å². The molecule has 1 aromatic carbocycles. The van der Waals surface area contributed by atoms with Crippen molar-refractivity contribution in [1.82, 2.24) is 4.57 Å². The zero-order valence-electron chi connectivity index (χ0n) is 9.70. The first-order valence-corrected chi connectivity index (χ1v) is 6.49. The maximum absolute atomic E-state index is 10.4. The Bertz CT molecular complexity index is 578. The number of fused-ring (bicyclic) bond motifs is 1. The molecule has 0 fully saturated rings. The molecule has 1 heterocycles. The van der Waals surface area contributed by atoms with E-state index in [0.29, 0.717) is 16.5 Å². The molecular formula is C13H13Cl2NO2. The van der Waals surface area contributed by atoms with Gasteiger partial charge in [-0.3, -0.25) is 4.79 Å². The van der Waals surface area contributed by atoms with Gasteiger partial charge in [0.1, 0.15) is 0 Å². The summed E-state index contributed by atoms with van der Waals surface area (Å²) in [4.78, 5) is 10.4. The highest BCUT2D eigenvalue weighted by molar-refractivity contribution is 6.38. The minimum absolute atomic E-state index is 0.209. The Kier molecular flexibility index (Phi) is 4.15. The van der Waals surface area contributed by atoms with Gasteiger partial charge in [-0.2, -0.15) is 0 Å². The van der Waals surface area contributed by atoms with Crippen LogP contribution < -0.4 is 0 Å². The van der Waals surface area contributed by atoms with E-state index in [-0.39, 0.29) is 6.42 Å². The number of aliphatic carboxylic acids is 1. The lowest BCUT2D eigenvalue weighted by Gasteiger charge is -2.05. The molecule has 2 aromatic rings. The lowest BCUT2D eigenvalue weighted by molar-refractivity contribution is -0.137. The maximum Gasteiger partial charge on any atom is 0.303 e. The smallest absolute Gasteiger partial charge is 0.303 e. The highest BCUT2D eigenvalue weighted by Gasteiger charge is 2.06. The van der Waals surface area contributed by atoms with E-state index >= 15 is 0 Å². The first kappa shape index (κ1) is 13.2. The van der Waals surface area contributed by atoms with Crippen molar-refractivity contribution in [3.63, 3.8) is 0 Å². The van der Waals surface area contributed by atoms with Crippen LogP contribution in [0.1, 0.15) is 19.3 Å². The number of hydrogen-bond donors (Lipinski definition) is 1. The summed E-state index contributed by atoms with van der Waals surface area (Å²) in [5.74, 6) is -0.751. The summed E-state index contributed by atoms with van der Waals surface area (Å²) in [6.07, 6.45) is 3.65. The maximum atomic E-state index is 10.4. The van der Waals surface area contributed by atoms with Gasteiger partial charge in [0.25, 0.3) is 0 Å². The zero-order chi connectivity index (χ0) is 13.1. The fourth-order valence-corrected chi connectivity index (χ4v) is 2.52. The fourth-order valence-electron chi connectivity index (χ4n) is 1.97. The van der Waals surface area contributed by atoms with Crippen LogP contribution in [0.5, 0.6) is 0 Å². The normalized spacial score (nSPS) is 11.0. The van der Waals surface area contributed by atoms with E-state index < -0.39 is 5.97 Å². The lowest BCUT2D eigenvalue weighted by atomic mass is 10.2. The monoisotopic (exact) mass is 285 g/mol. The first-order chi connectivity index (χ1) is 8.58. The van der Waals surface area contributed by atoms with Crippen molar-refractivity contribution in [3.8, 4) is 0 Å². The average Bonchev–Trinajstić information content (AvgIpc) is 2.67. The molecule has 3 nitrogen and oxygen atoms in total. The summed E-state index contributed by atoms with van der Waals surface area (Å²) in [6, 6.07) is 5.55. The van der Waals surface area contributed by atoms with E-state index in [4.69, 9.17) is 28.3 Å². The van der Waals surface area contributed by atoms with Crippen molar-refractivity contribution < 1.29 is 9.90 Å². The second kappa shape index (κ2) is 5.63. The number of hydrogen-bond acceptors (Lipinski definition) is 1. The predicted octanol–water partition coefficient (Wildman–Crippen LogP) is 4.20. The summed E-state index contributed by atoms with van der Waals surface area (Å²) in [6.45, 7) is 0.771. The molecule has 0 spiro atoms. The van der Waals surface area contributed by atoms with Crippen molar-refractivity contribution >= 4 is 40.1 Å². The third-order valence-electron chi connectivity index (χ3n) is 2.84. The van der Waals surface area contributed by atoms with Gasteiger partial charge in [-0.1, -0.05) is 23.2 Å². The summed E-state index contributed by atoms with van der Waals surface area (Å²) in [7, 11) is 0. The van der Waals surface area contributed by atoms with Crippen LogP contribution in [0.2, 0.25) is 10.0 Å². The van der Waals surface area contributed by atoms with E-state index in [2.05, 4.69) is 4.57 Å². The van der Waals surface area contributed by atoms with Crippen LogP contribution in [0, 0.1) is 0 Å². The molecule has 96 valence electrons. The Hall–Kier alpha value is -1.19. The van der Waals surface area contributed by atoms with E-state index in [1.165, 1.54) is 0 Å². The number of benzene rings is 1. The lowest BCUT2D eigenvalue weighted by Crippen LogP contribution is -1.99. The molecule has 0 aliphatic heterocycles. The highest BCUT2D eigenvalue weighted by atomic mass is 35.5. The molecule has 18 heavy (non-hydrogen) atoms. The van der Waals surface area contributed by atoms with Gasteiger partial charge in [-0.25, -0.2) is 0 Å². The number of carboxylic acids is 1. The Labute approximate surface area is 115 Å². The minimum Gasteiger partial charge on any atom is -0.481 e. The van der Waals surface area contributed by atoms with E-state index in [0.717, 1.165) is 23.9 Å². The van der Waals surface area contributed by atoms with Gasteiger partial charge in [-0.05, 0) is 31.0 Å². The molecule has 0 aliphatic carbocycles. The van der Waals surface area contributed by atoms with Crippen molar-refractivity contribution in [2.75, 3.05) is 0 Å². The van der Waals surface area contributed by atoms with Gasteiger partial charge in [-0.15, -0.1) is 0 Å². The third kappa shape index (κ3) is 2.98. The molecule has 0 radical (unpaired) electrons. The number of rotatable bonds is 5. The van der Waals surface area contributed by atoms with Gasteiger partial charge in [0.15, 0.2) is 0 Å². The third-order valence-corrected chi connectivity index (χ3v) is 3.37. The van der Waals surface area contributed by atoms with Crippen LogP contribution in [0.4, 0.5) is 0 Å². The fraction of sp³-hybridized carbons (Fsp3) is 0.308. The number of halogens is 2. The van der Waals surface area contributed by atoms with Gasteiger partial charge in [0.05, 0.1) is 10.5 Å². The molecule has 0 bridgehead atoms. The summed E-state index contributed by atoms with van der Waals surface area (Å²) in [5, 5.41) is 10.8. The Morgan fingerprint density at radius 3 is 2.78 bits per heavy atom. The number of unbranched alkanes of at least 4 members (excludes halogenated alkanes) is 1. The van der Waals surface area contributed by atoms with E-state index in [1.54, 1.807) is 6.07 Å². The Balaban J connectivity index is 2.12. The summed E-state index contributed by atoms with van der Waals surface area (Å²) < 4.78 is 2.05. The molecule has 0 atom stereocenters. The Morgan fingerprint density at radius 1 is 1.28 bits per heavy atom. The quantitative estimate of drug-likeness (QED) is 0.837. The molecule has 1 N–H and O–H groups in total. The van der Waals surface area contributed by atoms with Gasteiger partial charge in [0, 0.05) is 29.6 Å². The van der Waals surface area contributed by atoms with E-state index in [9.17, 15) is 4.79 Å². The predicted molar refractivity (Wildman–Crippen MR) is 73.4 cm³/mol. The summed E-state index contributed by atoms with van der Waals surface area (Å²) >= 11 is 12.1. The molecule has 1 aromatic heterocycles. The molecule has 2 rings (SSSR count). The van der Waals surface area contributed by atoms with Crippen LogP contribution in [-0.4, -0.2) is 15.6 Å². The van der Waals surface area contributed by atoms with Gasteiger partial charge >= 0.3 is 5.97 Å². The molecular weight excluding hydrogens is 273 g/mol. The second-order valence-electron chi connectivity index (χ2n) is 4.18. The van der Waals surface area contributed by atoms with Crippen LogP contribution in [-0.2, 0) is 11.3 Å². The van der Waals surface area contributed by atoms with Crippen LogP contribution in [0.25, 0.3) is 10.9 Å². The number of aryl methyl sites for hydroxylation is 1. The standard InChI is InChI=1S/C13H13Cl2NO2/c14-9-7-11(15)10-4-6-16(12(10)8-9)5-2-1-3-13(17)18/h4,6-8H,1-3,5H2,(H,17,18). The van der Waals surface area contributed by atoms with Crippen molar-refractivity contribution in [2.45, 2.75) is 25.8 Å². The van der Waals surface area contributed by atoms with Gasteiger partial charge < -0.3 is 9.67 Å². The van der Waals surface area contributed by atoms with Crippen LogP contribution in [0.15, 0.2) is 24.4 Å². The number of aromatic nitrogens is 1. The zero-order valence-corrected chi connectivity index (χ0v) is 11.2. The van der Waals surface area contributed by atoms with E-state index in [1.807, 2.05) is 18.3 Å². The van der Waals surface area contributed by atoms with Gasteiger partial charge in [0.2, 0.25) is 0 Å². The number of carboxylic acid groups (broad SMARTS) is 1. The Morgan fingerprint density at radius 2 is 2.06 bits per heavy atom. The average molecular weight is 286 g/mol. The second-order valence-corrected chi connectivity index (χ2v) is 5.02. The topological polar surface area (TPSA) is 42.2 Å². The SMILES string of the molecule is O=C(O)CCCCn1ccc2c(Cl)cc(Cl)cc21. The molecule has 0 unspecified atom stereocenters. The summed E-state index contributed by atoms with van der Waals surface area (Å²) in [5.41, 5.74) is 0.989. The molecule has 0 saturated carbocycles. The number of nitrogens with zero attached hydrogens (tertiary/aromatic N) is 1. The highest BCUT2D eigenvalue weighted by Crippen LogP contribution is 2.28. The number of carbonyl (C=O) groups is 1. The molecule has 0 saturated heterocycles. The largest absolute Gasteiger partial charge is 0.481 e. The van der Waals surface area contributed by atoms with Crippen LogP contribution in [0.3, 0.4) is 0 Å². The van der Waals surface area contributed by atoms with Crippen molar-refractivity contribution in [3.05, 3.63) is 34.4 Å². The molecule has 5 heteroatoms.